The van der Waals surface area contributed by atoms with E-state index in [1.54, 1.807) is 11.8 Å². The molecule has 8 heteroatoms. The number of fused-ring (bicyclic) bond motifs is 1. The van der Waals surface area contributed by atoms with Gasteiger partial charge in [-0.15, -0.1) is 27.2 Å². The molecular weight excluding hydrogens is 562 g/mol. The van der Waals surface area contributed by atoms with Crippen molar-refractivity contribution in [3.8, 4) is 6.07 Å². The fraction of sp³-hybridized carbons (Fsp3) is 0.240. The minimum atomic E-state index is 0. The number of benzene rings is 2. The molecule has 33 heavy (non-hydrogen) atoms. The summed E-state index contributed by atoms with van der Waals surface area (Å²) >= 11 is 5.12. The summed E-state index contributed by atoms with van der Waals surface area (Å²) in [5, 5.41) is 22.2. The first-order chi connectivity index (χ1) is 15.7. The second-order valence-corrected chi connectivity index (χ2v) is 9.67. The van der Waals surface area contributed by atoms with Crippen LogP contribution in [-0.2, 0) is 19.5 Å². The van der Waals surface area contributed by atoms with Gasteiger partial charge in [0.15, 0.2) is 5.82 Å². The van der Waals surface area contributed by atoms with Crippen LogP contribution in [0, 0.1) is 11.3 Å². The molecule has 0 spiro atoms. The van der Waals surface area contributed by atoms with E-state index < -0.39 is 0 Å². The smallest absolute Gasteiger partial charge is 0.177 e. The third-order valence-electron chi connectivity index (χ3n) is 5.80. The highest BCUT2D eigenvalue weighted by molar-refractivity contribution is 9.10. The molecule has 0 radical (unpaired) electrons. The largest absolute Gasteiger partial charge is 0.329 e. The van der Waals surface area contributed by atoms with Gasteiger partial charge in [-0.1, -0.05) is 76.6 Å². The highest BCUT2D eigenvalue weighted by Crippen LogP contribution is 2.44. The molecule has 5 rings (SSSR count). The van der Waals surface area contributed by atoms with Crippen LogP contribution in [0.5, 0.6) is 0 Å². The van der Waals surface area contributed by atoms with Gasteiger partial charge >= 0.3 is 0 Å². The van der Waals surface area contributed by atoms with Gasteiger partial charge in [0, 0.05) is 29.4 Å². The Balaban J connectivity index is 0.00000259. The number of halogens is 2. The molecule has 3 aromatic rings. The Kier molecular flexibility index (Phi) is 7.74. The predicted octanol–water partition coefficient (Wildman–Crippen LogP) is 6.78. The van der Waals surface area contributed by atoms with Crippen molar-refractivity contribution in [3.63, 3.8) is 0 Å². The average molecular weight is 585 g/mol. The van der Waals surface area contributed by atoms with E-state index >= 15 is 0 Å². The number of aryl methyl sites for hydroxylation is 1. The first-order valence-electron chi connectivity index (χ1n) is 10.8. The molecule has 2 aliphatic rings. The summed E-state index contributed by atoms with van der Waals surface area (Å²) in [6.45, 7) is 1.55. The number of hydrogen-bond acceptors (Lipinski definition) is 5. The Labute approximate surface area is 217 Å². The van der Waals surface area contributed by atoms with Crippen LogP contribution in [0.15, 0.2) is 69.5 Å². The molecule has 2 aromatic carbocycles. The minimum absolute atomic E-state index is 0. The van der Waals surface area contributed by atoms with E-state index in [0.717, 1.165) is 52.4 Å². The molecule has 5 nitrogen and oxygen atoms in total. The second-order valence-electron chi connectivity index (χ2n) is 7.89. The van der Waals surface area contributed by atoms with Gasteiger partial charge in [-0.3, -0.25) is 0 Å². The Bertz CT molecular complexity index is 1230. The van der Waals surface area contributed by atoms with E-state index in [0.29, 0.717) is 17.9 Å². The van der Waals surface area contributed by atoms with Crippen LogP contribution in [-0.4, -0.2) is 19.7 Å². The van der Waals surface area contributed by atoms with Gasteiger partial charge in [0.05, 0.1) is 5.70 Å². The van der Waals surface area contributed by atoms with Crippen LogP contribution in [0.2, 0.25) is 0 Å². The summed E-state index contributed by atoms with van der Waals surface area (Å²) in [4.78, 5) is 2.24. The Morgan fingerprint density at radius 1 is 1.03 bits per heavy atom. The zero-order chi connectivity index (χ0) is 21.9. The molecule has 1 aromatic heterocycles. The van der Waals surface area contributed by atoms with Crippen molar-refractivity contribution in [1.29, 1.82) is 5.26 Å². The number of rotatable bonds is 4. The molecule has 0 N–H and O–H groups in total. The lowest BCUT2D eigenvalue weighted by atomic mass is 10.1. The van der Waals surface area contributed by atoms with Crippen molar-refractivity contribution < 1.29 is 0 Å². The van der Waals surface area contributed by atoms with E-state index in [9.17, 15) is 5.26 Å². The molecular formula is C25H23Br2N5S. The normalized spacial score (nSPS) is 16.8. The minimum Gasteiger partial charge on any atom is -0.329 e. The van der Waals surface area contributed by atoms with Crippen molar-refractivity contribution in [2.75, 3.05) is 0 Å². The molecule has 0 bridgehead atoms. The molecule has 0 saturated carbocycles. The van der Waals surface area contributed by atoms with Gasteiger partial charge in [-0.2, -0.15) is 5.26 Å². The maximum atomic E-state index is 10.2. The second kappa shape index (κ2) is 10.7. The summed E-state index contributed by atoms with van der Waals surface area (Å²) in [6, 6.07) is 21.1. The fourth-order valence-electron chi connectivity index (χ4n) is 4.17. The maximum Gasteiger partial charge on any atom is 0.177 e. The van der Waals surface area contributed by atoms with Gasteiger partial charge in [-0.25, -0.2) is 0 Å². The van der Waals surface area contributed by atoms with Crippen LogP contribution in [0.25, 0.3) is 11.3 Å². The van der Waals surface area contributed by atoms with E-state index in [2.05, 4.69) is 83.5 Å². The number of nitrogens with zero attached hydrogens (tertiary/aromatic N) is 5. The number of aromatic nitrogens is 3. The predicted molar refractivity (Wildman–Crippen MR) is 142 cm³/mol. The molecule has 2 aliphatic heterocycles. The van der Waals surface area contributed by atoms with Gasteiger partial charge in [0.25, 0.3) is 0 Å². The van der Waals surface area contributed by atoms with Crippen molar-refractivity contribution in [2.45, 2.75) is 38.8 Å². The first-order valence-corrected chi connectivity index (χ1v) is 12.4. The quantitative estimate of drug-likeness (QED) is 0.316. The number of nitriles is 1. The highest BCUT2D eigenvalue weighted by atomic mass is 79.9. The van der Waals surface area contributed by atoms with Gasteiger partial charge in [-0.05, 0) is 36.1 Å². The topological polar surface area (TPSA) is 57.7 Å². The van der Waals surface area contributed by atoms with E-state index in [-0.39, 0.29) is 17.0 Å². The van der Waals surface area contributed by atoms with Crippen molar-refractivity contribution in [1.82, 2.24) is 19.7 Å². The van der Waals surface area contributed by atoms with Gasteiger partial charge in [0.1, 0.15) is 22.5 Å². The number of thioether (sulfide) groups is 1. The van der Waals surface area contributed by atoms with E-state index in [1.165, 1.54) is 12.0 Å². The maximum absolute atomic E-state index is 10.2. The lowest BCUT2D eigenvalue weighted by Crippen LogP contribution is -2.18. The third-order valence-corrected chi connectivity index (χ3v) is 7.32. The van der Waals surface area contributed by atoms with Crippen molar-refractivity contribution in [3.05, 3.63) is 92.3 Å². The summed E-state index contributed by atoms with van der Waals surface area (Å²) in [7, 11) is 0. The lowest BCUT2D eigenvalue weighted by Gasteiger charge is -2.25. The Morgan fingerprint density at radius 3 is 2.58 bits per heavy atom. The molecule has 3 heterocycles. The van der Waals surface area contributed by atoms with E-state index in [1.807, 2.05) is 18.2 Å². The molecule has 0 unspecified atom stereocenters. The van der Waals surface area contributed by atoms with Crippen LogP contribution in [0.1, 0.15) is 42.0 Å². The molecule has 168 valence electrons. The third kappa shape index (κ3) is 4.96. The Hall–Kier alpha value is -2.34. The fourth-order valence-corrected chi connectivity index (χ4v) is 5.47. The number of allylic oxidation sites excluding steroid dienone is 1. The first kappa shape index (κ1) is 23.8. The van der Waals surface area contributed by atoms with Crippen molar-refractivity contribution >= 4 is 55.9 Å². The summed E-state index contributed by atoms with van der Waals surface area (Å²) in [6.07, 6.45) is 4.33. The average Bonchev–Trinajstić information content (AvgIpc) is 3.32. The lowest BCUT2D eigenvalue weighted by molar-refractivity contribution is 0.521. The standard InChI is InChI=1S/C25H22BrN5S.BrH/c26-20-12-10-19(11-13-20)22-17-32-25(31(22)16-18-7-3-1-4-8-18)21(15-27)24-29-28-23-9-5-2-6-14-30(23)24;/h1,3-4,7-8,10-13,17H,2,5-6,9,14,16H2;1H/b25-21+;. The number of hydrogen-bond donors (Lipinski definition) is 0. The zero-order valence-corrected chi connectivity index (χ0v) is 22.1. The van der Waals surface area contributed by atoms with E-state index in [4.69, 9.17) is 0 Å². The zero-order valence-electron chi connectivity index (χ0n) is 17.9. The van der Waals surface area contributed by atoms with Crippen LogP contribution in [0.4, 0.5) is 0 Å². The van der Waals surface area contributed by atoms with Crippen molar-refractivity contribution in [2.24, 2.45) is 0 Å². The molecule has 0 aliphatic carbocycles. The SMILES string of the molecule is Br.N#C/C(=C1\SC=C(c2ccc(Br)cc2)N1Cc1ccccc1)c1nnc2n1CCCCC2. The molecule has 0 fully saturated rings. The molecule has 0 amide bonds. The highest BCUT2D eigenvalue weighted by Gasteiger charge is 2.29. The van der Waals surface area contributed by atoms with Gasteiger partial charge in [0.2, 0.25) is 0 Å². The van der Waals surface area contributed by atoms with Gasteiger partial charge < -0.3 is 9.47 Å². The molecule has 0 atom stereocenters. The molecule has 0 saturated heterocycles. The Morgan fingerprint density at radius 2 is 1.82 bits per heavy atom. The monoisotopic (exact) mass is 583 g/mol. The van der Waals surface area contributed by atoms with Crippen LogP contribution in [0.3, 0.4) is 0 Å². The van der Waals surface area contributed by atoms with Crippen LogP contribution >= 0.6 is 44.7 Å². The summed E-state index contributed by atoms with van der Waals surface area (Å²) in [5.74, 6) is 1.68. The summed E-state index contributed by atoms with van der Waals surface area (Å²) < 4.78 is 3.19. The van der Waals surface area contributed by atoms with Crippen LogP contribution < -0.4 is 0 Å². The summed E-state index contributed by atoms with van der Waals surface area (Å²) in [5.41, 5.74) is 3.98.